The number of hydrogen-bond donors (Lipinski definition) is 1. The lowest BCUT2D eigenvalue weighted by Gasteiger charge is -2.11. The van der Waals surface area contributed by atoms with Gasteiger partial charge >= 0.3 is 0 Å². The highest BCUT2D eigenvalue weighted by molar-refractivity contribution is 6.30. The molecule has 112 valence electrons. The molecule has 0 fully saturated rings. The van der Waals surface area contributed by atoms with Crippen LogP contribution < -0.4 is 4.90 Å². The van der Waals surface area contributed by atoms with Gasteiger partial charge in [-0.05, 0) is 24.3 Å². The van der Waals surface area contributed by atoms with E-state index >= 15 is 0 Å². The van der Waals surface area contributed by atoms with E-state index in [1.165, 1.54) is 10.5 Å². The zero-order valence-corrected chi connectivity index (χ0v) is 13.0. The van der Waals surface area contributed by atoms with Crippen molar-refractivity contribution in [3.63, 3.8) is 0 Å². The van der Waals surface area contributed by atoms with Gasteiger partial charge in [-0.25, -0.2) is 0 Å². The van der Waals surface area contributed by atoms with Gasteiger partial charge in [0.1, 0.15) is 6.54 Å². The molecular weight excluding hydrogens is 298 g/mol. The summed E-state index contributed by atoms with van der Waals surface area (Å²) in [5.74, 6) is 1.21. The molecule has 2 aromatic carbocycles. The second-order valence-electron chi connectivity index (χ2n) is 5.30. The Morgan fingerprint density at radius 1 is 0.955 bits per heavy atom. The van der Waals surface area contributed by atoms with E-state index in [1.807, 2.05) is 54.6 Å². The quantitative estimate of drug-likeness (QED) is 0.787. The van der Waals surface area contributed by atoms with E-state index in [0.29, 0.717) is 18.3 Å². The van der Waals surface area contributed by atoms with Crippen LogP contribution in [0.2, 0.25) is 5.02 Å². The first kappa shape index (κ1) is 14.8. The second kappa shape index (κ2) is 6.73. The van der Waals surface area contributed by atoms with Crippen molar-refractivity contribution in [1.82, 2.24) is 10.2 Å². The van der Waals surface area contributed by atoms with Crippen LogP contribution in [0.1, 0.15) is 11.5 Å². The van der Waals surface area contributed by atoms with E-state index in [9.17, 15) is 0 Å². The maximum Gasteiger partial charge on any atom is 0.271 e. The predicted octanol–water partition coefficient (Wildman–Crippen LogP) is 2.60. The summed E-state index contributed by atoms with van der Waals surface area (Å²) in [6, 6.07) is 17.7. The lowest BCUT2D eigenvalue weighted by Crippen LogP contribution is -3.06. The Morgan fingerprint density at radius 2 is 1.68 bits per heavy atom. The summed E-state index contributed by atoms with van der Waals surface area (Å²) in [6.07, 6.45) is 0. The van der Waals surface area contributed by atoms with Gasteiger partial charge in [-0.2, -0.15) is 0 Å². The van der Waals surface area contributed by atoms with E-state index in [0.717, 1.165) is 17.1 Å². The van der Waals surface area contributed by atoms with Gasteiger partial charge in [0.25, 0.3) is 5.89 Å². The molecule has 1 aromatic heterocycles. The molecule has 0 aliphatic heterocycles. The summed E-state index contributed by atoms with van der Waals surface area (Å²) < 4.78 is 5.73. The van der Waals surface area contributed by atoms with Crippen molar-refractivity contribution in [1.29, 1.82) is 0 Å². The first-order valence-corrected chi connectivity index (χ1v) is 7.52. The third-order valence-corrected chi connectivity index (χ3v) is 3.61. The number of hydrogen-bond acceptors (Lipinski definition) is 3. The highest BCUT2D eigenvalue weighted by atomic mass is 35.5. The Balaban J connectivity index is 1.63. The highest BCUT2D eigenvalue weighted by Gasteiger charge is 2.13. The maximum atomic E-state index is 5.90. The fourth-order valence-electron chi connectivity index (χ4n) is 2.29. The van der Waals surface area contributed by atoms with Gasteiger partial charge < -0.3 is 9.32 Å². The molecule has 1 heterocycles. The minimum Gasteiger partial charge on any atom is -0.415 e. The normalized spacial score (nSPS) is 12.3. The zero-order chi connectivity index (χ0) is 15.4. The second-order valence-corrected chi connectivity index (χ2v) is 5.74. The van der Waals surface area contributed by atoms with Gasteiger partial charge in [0.15, 0.2) is 6.54 Å². The number of rotatable bonds is 5. The molecule has 1 N–H and O–H groups in total. The van der Waals surface area contributed by atoms with Crippen LogP contribution in [0.3, 0.4) is 0 Å². The Kier molecular flexibility index (Phi) is 4.51. The van der Waals surface area contributed by atoms with E-state index in [-0.39, 0.29) is 0 Å². The molecule has 0 aliphatic carbocycles. The van der Waals surface area contributed by atoms with Crippen LogP contribution in [-0.2, 0) is 13.1 Å². The van der Waals surface area contributed by atoms with Crippen molar-refractivity contribution in [2.24, 2.45) is 0 Å². The molecule has 4 nitrogen and oxygen atoms in total. The number of nitrogens with one attached hydrogen (secondary N) is 1. The Bertz CT molecular complexity index is 725. The van der Waals surface area contributed by atoms with Crippen LogP contribution in [0.4, 0.5) is 0 Å². The van der Waals surface area contributed by atoms with Crippen LogP contribution in [0.5, 0.6) is 0 Å². The molecule has 0 radical (unpaired) electrons. The van der Waals surface area contributed by atoms with Gasteiger partial charge in [0.05, 0.1) is 7.05 Å². The summed E-state index contributed by atoms with van der Waals surface area (Å²) in [5, 5.41) is 9.00. The molecule has 0 spiro atoms. The van der Waals surface area contributed by atoms with Crippen molar-refractivity contribution in [2.75, 3.05) is 7.05 Å². The predicted molar refractivity (Wildman–Crippen MR) is 85.5 cm³/mol. The summed E-state index contributed by atoms with van der Waals surface area (Å²) in [4.78, 5) is 1.27. The van der Waals surface area contributed by atoms with Crippen LogP contribution in [0, 0.1) is 0 Å². The smallest absolute Gasteiger partial charge is 0.271 e. The molecule has 1 atom stereocenters. The van der Waals surface area contributed by atoms with Crippen molar-refractivity contribution in [3.05, 3.63) is 71.1 Å². The first-order chi connectivity index (χ1) is 10.7. The topological polar surface area (TPSA) is 43.4 Å². The first-order valence-electron chi connectivity index (χ1n) is 7.14. The summed E-state index contributed by atoms with van der Waals surface area (Å²) >= 11 is 5.90. The number of quaternary nitrogens is 1. The van der Waals surface area contributed by atoms with Crippen molar-refractivity contribution in [3.8, 4) is 11.5 Å². The van der Waals surface area contributed by atoms with Gasteiger partial charge in [-0.3, -0.25) is 0 Å². The highest BCUT2D eigenvalue weighted by Crippen LogP contribution is 2.16. The molecule has 5 heteroatoms. The average molecular weight is 315 g/mol. The van der Waals surface area contributed by atoms with Crippen LogP contribution >= 0.6 is 11.6 Å². The maximum absolute atomic E-state index is 5.90. The van der Waals surface area contributed by atoms with E-state index in [1.54, 1.807) is 0 Å². The molecule has 3 aromatic rings. The Labute approximate surface area is 134 Å². The monoisotopic (exact) mass is 314 g/mol. The molecule has 22 heavy (non-hydrogen) atoms. The van der Waals surface area contributed by atoms with Crippen LogP contribution in [-0.4, -0.2) is 17.2 Å². The summed E-state index contributed by atoms with van der Waals surface area (Å²) in [5.41, 5.74) is 2.17. The summed E-state index contributed by atoms with van der Waals surface area (Å²) in [7, 11) is 2.10. The molecule has 0 saturated heterocycles. The molecule has 1 unspecified atom stereocenters. The van der Waals surface area contributed by atoms with Gasteiger partial charge in [-0.1, -0.05) is 41.9 Å². The van der Waals surface area contributed by atoms with Crippen molar-refractivity contribution >= 4 is 11.6 Å². The van der Waals surface area contributed by atoms with Crippen LogP contribution in [0.25, 0.3) is 11.5 Å². The molecular formula is C17H17ClN3O+. The lowest BCUT2D eigenvalue weighted by atomic mass is 10.2. The van der Waals surface area contributed by atoms with E-state index in [4.69, 9.17) is 16.0 Å². The zero-order valence-electron chi connectivity index (χ0n) is 12.3. The molecule has 0 bridgehead atoms. The SMILES string of the molecule is C[NH+](Cc1ccc(Cl)cc1)Cc1nnc(-c2ccccc2)o1. The fourth-order valence-corrected chi connectivity index (χ4v) is 2.42. The largest absolute Gasteiger partial charge is 0.415 e. The third-order valence-electron chi connectivity index (χ3n) is 3.36. The third kappa shape index (κ3) is 3.72. The van der Waals surface area contributed by atoms with Crippen LogP contribution in [0.15, 0.2) is 59.0 Å². The van der Waals surface area contributed by atoms with E-state index in [2.05, 4.69) is 17.2 Å². The number of nitrogens with zero attached hydrogens (tertiary/aromatic N) is 2. The van der Waals surface area contributed by atoms with Crippen molar-refractivity contribution in [2.45, 2.75) is 13.1 Å². The average Bonchev–Trinajstić information content (AvgIpc) is 2.99. The minimum atomic E-state index is 0.565. The Hall–Kier alpha value is -2.17. The standard InChI is InChI=1S/C17H16ClN3O/c1-21(11-13-7-9-15(18)10-8-13)12-16-19-20-17(22-16)14-5-3-2-4-6-14/h2-10H,11-12H2,1H3/p+1. The van der Waals surface area contributed by atoms with Gasteiger partial charge in [0.2, 0.25) is 5.89 Å². The number of aromatic nitrogens is 2. The number of benzene rings is 2. The summed E-state index contributed by atoms with van der Waals surface area (Å²) in [6.45, 7) is 1.56. The van der Waals surface area contributed by atoms with Gasteiger partial charge in [0, 0.05) is 16.1 Å². The Morgan fingerprint density at radius 3 is 2.41 bits per heavy atom. The van der Waals surface area contributed by atoms with E-state index < -0.39 is 0 Å². The molecule has 0 saturated carbocycles. The number of halogens is 1. The van der Waals surface area contributed by atoms with Crippen molar-refractivity contribution < 1.29 is 9.32 Å². The lowest BCUT2D eigenvalue weighted by molar-refractivity contribution is -0.909. The molecule has 3 rings (SSSR count). The molecule has 0 amide bonds. The fraction of sp³-hybridized carbons (Fsp3) is 0.176. The molecule has 0 aliphatic rings. The van der Waals surface area contributed by atoms with Gasteiger partial charge in [-0.15, -0.1) is 10.2 Å². The minimum absolute atomic E-state index is 0.565.